The van der Waals surface area contributed by atoms with Gasteiger partial charge in [-0.25, -0.2) is 0 Å². The van der Waals surface area contributed by atoms with Crippen molar-refractivity contribution in [2.45, 2.75) is 32.8 Å². The van der Waals surface area contributed by atoms with Crippen LogP contribution in [0, 0.1) is 11.8 Å². The second kappa shape index (κ2) is 5.64. The van der Waals surface area contributed by atoms with Crippen LogP contribution in [0.15, 0.2) is 0 Å². The quantitative estimate of drug-likeness (QED) is 0.720. The first kappa shape index (κ1) is 13.5. The Bertz CT molecular complexity index is 240. The van der Waals surface area contributed by atoms with Crippen LogP contribution in [0.1, 0.15) is 27.2 Å². The Morgan fingerprint density at radius 2 is 2.12 bits per heavy atom. The van der Waals surface area contributed by atoms with Gasteiger partial charge in [0.1, 0.15) is 0 Å². The van der Waals surface area contributed by atoms with Gasteiger partial charge in [-0.1, -0.05) is 6.92 Å². The highest BCUT2D eigenvalue weighted by Gasteiger charge is 2.31. The summed E-state index contributed by atoms with van der Waals surface area (Å²) in [6.45, 7) is 8.13. The molecule has 16 heavy (non-hydrogen) atoms. The molecule has 2 atom stereocenters. The number of methoxy groups -OCH3 is 1. The number of hydrogen-bond donors (Lipinski definition) is 1. The minimum absolute atomic E-state index is 0.0191. The molecule has 4 heteroatoms. The van der Waals surface area contributed by atoms with E-state index >= 15 is 0 Å². The highest BCUT2D eigenvalue weighted by atomic mass is 16.5. The van der Waals surface area contributed by atoms with Crippen LogP contribution in [0.5, 0.6) is 0 Å². The third-order valence-electron chi connectivity index (χ3n) is 3.32. The molecule has 0 radical (unpaired) electrons. The first-order valence-corrected chi connectivity index (χ1v) is 5.89. The molecule has 1 N–H and O–H groups in total. The molecule has 1 aliphatic heterocycles. The van der Waals surface area contributed by atoms with Gasteiger partial charge in [-0.05, 0) is 26.3 Å². The van der Waals surface area contributed by atoms with Crippen LogP contribution in [-0.2, 0) is 14.3 Å². The topological polar surface area (TPSA) is 47.6 Å². The van der Waals surface area contributed by atoms with Crippen molar-refractivity contribution in [1.82, 2.24) is 5.32 Å². The molecule has 0 bridgehead atoms. The predicted octanol–water partition coefficient (Wildman–Crippen LogP) is 1.20. The second-order valence-electron chi connectivity index (χ2n) is 5.12. The average Bonchev–Trinajstić information content (AvgIpc) is 2.64. The molecule has 0 aromatic heterocycles. The molecule has 0 aromatic rings. The molecule has 94 valence electrons. The number of esters is 1. The zero-order chi connectivity index (χ0) is 12.2. The molecule has 0 saturated carbocycles. The Kier molecular flexibility index (Phi) is 4.74. The van der Waals surface area contributed by atoms with Gasteiger partial charge in [0.05, 0.1) is 18.1 Å². The van der Waals surface area contributed by atoms with Crippen LogP contribution in [-0.4, -0.2) is 38.4 Å². The molecule has 0 amide bonds. The van der Waals surface area contributed by atoms with Crippen molar-refractivity contribution in [3.8, 4) is 0 Å². The van der Waals surface area contributed by atoms with Gasteiger partial charge in [0.2, 0.25) is 0 Å². The lowest BCUT2D eigenvalue weighted by atomic mass is 9.98. The van der Waals surface area contributed by atoms with Crippen molar-refractivity contribution in [2.24, 2.45) is 11.8 Å². The molecule has 0 aliphatic carbocycles. The fourth-order valence-electron chi connectivity index (χ4n) is 1.73. The predicted molar refractivity (Wildman–Crippen MR) is 62.2 cm³/mol. The van der Waals surface area contributed by atoms with Crippen molar-refractivity contribution < 1.29 is 14.3 Å². The summed E-state index contributed by atoms with van der Waals surface area (Å²) in [4.78, 5) is 11.7. The molecule has 1 fully saturated rings. The number of carbonyl (C=O) groups is 1. The van der Waals surface area contributed by atoms with E-state index in [9.17, 15) is 4.79 Å². The highest BCUT2D eigenvalue weighted by molar-refractivity contribution is 5.73. The van der Waals surface area contributed by atoms with Crippen molar-refractivity contribution >= 4 is 5.97 Å². The normalized spacial score (nSPS) is 25.8. The zero-order valence-electron chi connectivity index (χ0n) is 10.7. The summed E-state index contributed by atoms with van der Waals surface area (Å²) in [5, 5.41) is 3.20. The maximum Gasteiger partial charge on any atom is 0.310 e. The molecular formula is C12H23NO3. The van der Waals surface area contributed by atoms with Crippen molar-refractivity contribution in [1.29, 1.82) is 0 Å². The zero-order valence-corrected chi connectivity index (χ0v) is 10.7. The third kappa shape index (κ3) is 3.76. The van der Waals surface area contributed by atoms with Crippen LogP contribution in [0.3, 0.4) is 0 Å². The first-order valence-electron chi connectivity index (χ1n) is 5.89. The van der Waals surface area contributed by atoms with Crippen LogP contribution >= 0.6 is 0 Å². The Morgan fingerprint density at radius 1 is 1.44 bits per heavy atom. The van der Waals surface area contributed by atoms with E-state index in [1.165, 1.54) is 0 Å². The summed E-state index contributed by atoms with van der Waals surface area (Å²) in [5.74, 6) is 0.318. The van der Waals surface area contributed by atoms with Crippen LogP contribution in [0.4, 0.5) is 0 Å². The molecule has 0 unspecified atom stereocenters. The van der Waals surface area contributed by atoms with Crippen LogP contribution < -0.4 is 5.32 Å². The van der Waals surface area contributed by atoms with Gasteiger partial charge >= 0.3 is 5.97 Å². The molecule has 0 spiro atoms. The Morgan fingerprint density at radius 3 is 2.62 bits per heavy atom. The van der Waals surface area contributed by atoms with Crippen LogP contribution in [0.2, 0.25) is 0 Å². The summed E-state index contributed by atoms with van der Waals surface area (Å²) in [7, 11) is 1.67. The van der Waals surface area contributed by atoms with E-state index in [1.807, 2.05) is 13.8 Å². The van der Waals surface area contributed by atoms with Crippen LogP contribution in [0.25, 0.3) is 0 Å². The maximum atomic E-state index is 11.7. The number of carbonyl (C=O) groups excluding carboxylic acids is 1. The van der Waals surface area contributed by atoms with E-state index < -0.39 is 0 Å². The average molecular weight is 229 g/mol. The van der Waals surface area contributed by atoms with Crippen molar-refractivity contribution in [3.63, 3.8) is 0 Å². The standard InChI is InChI=1S/C12H23NO3/c1-9-7-13-8-10(9)11(14)16-6-5-12(2,3)15-4/h9-10,13H,5-8H2,1-4H3/t9-,10-/m1/s1. The second-order valence-corrected chi connectivity index (χ2v) is 5.12. The third-order valence-corrected chi connectivity index (χ3v) is 3.32. The number of nitrogens with one attached hydrogen (secondary N) is 1. The molecule has 0 aromatic carbocycles. The lowest BCUT2D eigenvalue weighted by Crippen LogP contribution is -2.28. The lowest BCUT2D eigenvalue weighted by molar-refractivity contribution is -0.150. The van der Waals surface area contributed by atoms with E-state index in [2.05, 4.69) is 12.2 Å². The molecule has 1 saturated heterocycles. The van der Waals surface area contributed by atoms with Crippen molar-refractivity contribution in [2.75, 3.05) is 26.8 Å². The van der Waals surface area contributed by atoms with Gasteiger partial charge in [-0.15, -0.1) is 0 Å². The SMILES string of the molecule is COC(C)(C)CCOC(=O)[C@@H]1CNC[C@H]1C. The molecular weight excluding hydrogens is 206 g/mol. The summed E-state index contributed by atoms with van der Waals surface area (Å²) in [6.07, 6.45) is 0.726. The molecule has 4 nitrogen and oxygen atoms in total. The van der Waals surface area contributed by atoms with E-state index in [0.717, 1.165) is 19.5 Å². The number of rotatable bonds is 5. The molecule has 1 aliphatic rings. The number of hydrogen-bond acceptors (Lipinski definition) is 4. The Balaban J connectivity index is 2.25. The van der Waals surface area contributed by atoms with Gasteiger partial charge in [-0.3, -0.25) is 4.79 Å². The first-order chi connectivity index (χ1) is 7.46. The monoisotopic (exact) mass is 229 g/mol. The molecule has 1 heterocycles. The van der Waals surface area contributed by atoms with Gasteiger partial charge in [0.15, 0.2) is 0 Å². The smallest absolute Gasteiger partial charge is 0.310 e. The van der Waals surface area contributed by atoms with Crippen molar-refractivity contribution in [3.05, 3.63) is 0 Å². The Hall–Kier alpha value is -0.610. The van der Waals surface area contributed by atoms with Gasteiger partial charge < -0.3 is 14.8 Å². The highest BCUT2D eigenvalue weighted by Crippen LogP contribution is 2.18. The van der Waals surface area contributed by atoms with Gasteiger partial charge in [0.25, 0.3) is 0 Å². The summed E-state index contributed by atoms with van der Waals surface area (Å²) in [5.41, 5.74) is -0.222. The fraction of sp³-hybridized carbons (Fsp3) is 0.917. The summed E-state index contributed by atoms with van der Waals surface area (Å²) < 4.78 is 10.5. The summed E-state index contributed by atoms with van der Waals surface area (Å²) >= 11 is 0. The molecule has 1 rings (SSSR count). The minimum Gasteiger partial charge on any atom is -0.465 e. The summed E-state index contributed by atoms with van der Waals surface area (Å²) in [6, 6.07) is 0. The van der Waals surface area contributed by atoms with E-state index in [1.54, 1.807) is 7.11 Å². The van der Waals surface area contributed by atoms with E-state index in [4.69, 9.17) is 9.47 Å². The fourth-order valence-corrected chi connectivity index (χ4v) is 1.73. The van der Waals surface area contributed by atoms with E-state index in [-0.39, 0.29) is 17.5 Å². The van der Waals surface area contributed by atoms with Gasteiger partial charge in [-0.2, -0.15) is 0 Å². The Labute approximate surface area is 97.7 Å². The number of ether oxygens (including phenoxy) is 2. The maximum absolute atomic E-state index is 11.7. The van der Waals surface area contributed by atoms with Gasteiger partial charge in [0, 0.05) is 20.1 Å². The largest absolute Gasteiger partial charge is 0.465 e. The minimum atomic E-state index is -0.222. The van der Waals surface area contributed by atoms with E-state index in [0.29, 0.717) is 12.5 Å². The lowest BCUT2D eigenvalue weighted by Gasteiger charge is -2.23.